The number of aromatic nitrogens is 1. The lowest BCUT2D eigenvalue weighted by Gasteiger charge is -2.16. The van der Waals surface area contributed by atoms with Crippen LogP contribution in [-0.4, -0.2) is 26.2 Å². The number of benzene rings is 2. The first kappa shape index (κ1) is 16.3. The Balaban J connectivity index is 1.68. The van der Waals surface area contributed by atoms with Crippen LogP contribution in [0.25, 0.3) is 21.8 Å². The van der Waals surface area contributed by atoms with Crippen LogP contribution >= 0.6 is 11.3 Å². The number of fused-ring (bicyclic) bond motifs is 1. The van der Waals surface area contributed by atoms with Crippen molar-refractivity contribution in [2.75, 3.05) is 17.1 Å². The van der Waals surface area contributed by atoms with Crippen LogP contribution in [0.2, 0.25) is 0 Å². The first-order valence-corrected chi connectivity index (χ1v) is 10.8. The Kier molecular flexibility index (Phi) is 3.89. The maximum Gasteiger partial charge on any atom is 0.232 e. The largest absolute Gasteiger partial charge is 0.270 e. The quantitative estimate of drug-likeness (QED) is 0.697. The van der Waals surface area contributed by atoms with Crippen LogP contribution in [0.1, 0.15) is 11.1 Å². The Morgan fingerprint density at radius 1 is 1.12 bits per heavy atom. The maximum atomic E-state index is 11.9. The van der Waals surface area contributed by atoms with Crippen LogP contribution in [-0.2, 0) is 16.4 Å². The van der Waals surface area contributed by atoms with Crippen molar-refractivity contribution in [3.63, 3.8) is 0 Å². The number of nitrogens with zero attached hydrogens (tertiary/aromatic N) is 2. The van der Waals surface area contributed by atoms with Crippen LogP contribution in [0.3, 0.4) is 0 Å². The second-order valence-electron chi connectivity index (χ2n) is 6.34. The maximum absolute atomic E-state index is 11.9. The molecular weight excluding hydrogens is 352 g/mol. The fourth-order valence-corrected chi connectivity index (χ4v) is 4.98. The van der Waals surface area contributed by atoms with Gasteiger partial charge in [0, 0.05) is 23.1 Å². The average Bonchev–Trinajstić information content (AvgIpc) is 3.21. The van der Waals surface area contributed by atoms with E-state index in [1.165, 1.54) is 16.1 Å². The fraction of sp³-hybridized carbons (Fsp3) is 0.211. The number of anilines is 1. The van der Waals surface area contributed by atoms with E-state index in [0.29, 0.717) is 6.54 Å². The second kappa shape index (κ2) is 5.97. The normalized spacial score (nSPS) is 13.9. The average molecular weight is 370 g/mol. The van der Waals surface area contributed by atoms with Gasteiger partial charge in [-0.15, -0.1) is 11.3 Å². The minimum Gasteiger partial charge on any atom is -0.270 e. The molecule has 0 atom stereocenters. The molecule has 6 heteroatoms. The molecule has 4 rings (SSSR count). The summed E-state index contributed by atoms with van der Waals surface area (Å²) in [4.78, 5) is 4.77. The number of hydrogen-bond acceptors (Lipinski definition) is 4. The van der Waals surface area contributed by atoms with Gasteiger partial charge in [0.25, 0.3) is 0 Å². The lowest BCUT2D eigenvalue weighted by molar-refractivity contribution is 0.598. The van der Waals surface area contributed by atoms with Crippen molar-refractivity contribution < 1.29 is 8.42 Å². The Labute approximate surface area is 151 Å². The summed E-state index contributed by atoms with van der Waals surface area (Å²) >= 11 is 1.63. The molecule has 0 spiro atoms. The van der Waals surface area contributed by atoms with Gasteiger partial charge in [0.2, 0.25) is 10.0 Å². The van der Waals surface area contributed by atoms with Gasteiger partial charge in [-0.25, -0.2) is 13.4 Å². The lowest BCUT2D eigenvalue weighted by Crippen LogP contribution is -2.27. The molecule has 25 heavy (non-hydrogen) atoms. The van der Waals surface area contributed by atoms with E-state index < -0.39 is 10.0 Å². The predicted molar refractivity (Wildman–Crippen MR) is 104 cm³/mol. The number of aryl methyl sites for hydroxylation is 1. The van der Waals surface area contributed by atoms with Gasteiger partial charge >= 0.3 is 0 Å². The molecule has 1 aliphatic rings. The molecule has 0 bridgehead atoms. The van der Waals surface area contributed by atoms with E-state index in [4.69, 9.17) is 4.98 Å². The van der Waals surface area contributed by atoms with Crippen molar-refractivity contribution in [2.45, 2.75) is 13.3 Å². The smallest absolute Gasteiger partial charge is 0.232 e. The SMILES string of the molecule is Cc1cccc(-c2nc(-c3ccc4c(c3)CCN4S(C)(=O)=O)cs2)c1. The van der Waals surface area contributed by atoms with Crippen molar-refractivity contribution in [1.82, 2.24) is 4.98 Å². The summed E-state index contributed by atoms with van der Waals surface area (Å²) in [5.74, 6) is 0. The summed E-state index contributed by atoms with van der Waals surface area (Å²) in [6, 6.07) is 14.2. The molecule has 0 unspecified atom stereocenters. The highest BCUT2D eigenvalue weighted by atomic mass is 32.2. The Bertz CT molecular complexity index is 1050. The summed E-state index contributed by atoms with van der Waals surface area (Å²) in [5.41, 5.74) is 6.16. The zero-order valence-corrected chi connectivity index (χ0v) is 15.7. The number of rotatable bonds is 3. The molecule has 0 saturated heterocycles. The van der Waals surface area contributed by atoms with Crippen molar-refractivity contribution >= 4 is 27.0 Å². The summed E-state index contributed by atoms with van der Waals surface area (Å²) in [6.07, 6.45) is 2.00. The van der Waals surface area contributed by atoms with Gasteiger partial charge in [0.15, 0.2) is 0 Å². The van der Waals surface area contributed by atoms with E-state index in [2.05, 4.69) is 36.6 Å². The van der Waals surface area contributed by atoms with Crippen LogP contribution < -0.4 is 4.31 Å². The summed E-state index contributed by atoms with van der Waals surface area (Å²) < 4.78 is 25.2. The van der Waals surface area contributed by atoms with Gasteiger partial charge in [0.1, 0.15) is 5.01 Å². The predicted octanol–water partition coefficient (Wildman–Crippen LogP) is 4.11. The molecule has 3 aromatic rings. The number of thiazole rings is 1. The molecule has 0 fully saturated rings. The highest BCUT2D eigenvalue weighted by molar-refractivity contribution is 7.92. The molecule has 0 N–H and O–H groups in total. The molecule has 2 heterocycles. The molecule has 4 nitrogen and oxygen atoms in total. The highest BCUT2D eigenvalue weighted by Crippen LogP contribution is 2.35. The summed E-state index contributed by atoms with van der Waals surface area (Å²) in [5, 5.41) is 3.06. The van der Waals surface area contributed by atoms with Crippen LogP contribution in [0.4, 0.5) is 5.69 Å². The number of sulfonamides is 1. The van der Waals surface area contributed by atoms with Gasteiger partial charge in [-0.2, -0.15) is 0 Å². The van der Waals surface area contributed by atoms with E-state index in [1.807, 2.05) is 18.2 Å². The van der Waals surface area contributed by atoms with Gasteiger partial charge in [-0.1, -0.05) is 29.8 Å². The monoisotopic (exact) mass is 370 g/mol. The summed E-state index contributed by atoms with van der Waals surface area (Å²) in [6.45, 7) is 2.59. The molecule has 128 valence electrons. The molecule has 1 aromatic heterocycles. The standard InChI is InChI=1S/C19H18N2O2S2/c1-13-4-3-5-16(10-13)19-20-17(12-24-19)14-6-7-18-15(11-14)8-9-21(18)25(2,22)23/h3-7,10-12H,8-9H2,1-2H3. The Morgan fingerprint density at radius 2 is 1.96 bits per heavy atom. The van der Waals surface area contributed by atoms with Crippen LogP contribution in [0, 0.1) is 6.92 Å². The summed E-state index contributed by atoms with van der Waals surface area (Å²) in [7, 11) is -3.21. The molecule has 0 aliphatic carbocycles. The van der Waals surface area contributed by atoms with Gasteiger partial charge in [-0.05, 0) is 37.1 Å². The van der Waals surface area contributed by atoms with E-state index in [0.717, 1.165) is 39.5 Å². The van der Waals surface area contributed by atoms with Gasteiger partial charge < -0.3 is 0 Å². The van der Waals surface area contributed by atoms with Crippen molar-refractivity contribution in [1.29, 1.82) is 0 Å². The first-order chi connectivity index (χ1) is 11.9. The zero-order chi connectivity index (χ0) is 17.6. The van der Waals surface area contributed by atoms with E-state index in [-0.39, 0.29) is 0 Å². The third kappa shape index (κ3) is 3.07. The molecule has 0 saturated carbocycles. The molecule has 2 aromatic carbocycles. The fourth-order valence-electron chi connectivity index (χ4n) is 3.19. The van der Waals surface area contributed by atoms with Gasteiger partial charge in [0.05, 0.1) is 17.6 Å². The van der Waals surface area contributed by atoms with E-state index in [1.54, 1.807) is 11.3 Å². The minimum atomic E-state index is -3.21. The Morgan fingerprint density at radius 3 is 2.72 bits per heavy atom. The third-order valence-corrected chi connectivity index (χ3v) is 6.47. The zero-order valence-electron chi connectivity index (χ0n) is 14.1. The molecule has 1 aliphatic heterocycles. The van der Waals surface area contributed by atoms with Crippen LogP contribution in [0.15, 0.2) is 47.8 Å². The number of hydrogen-bond donors (Lipinski definition) is 0. The van der Waals surface area contributed by atoms with Crippen molar-refractivity contribution in [3.05, 3.63) is 59.0 Å². The van der Waals surface area contributed by atoms with E-state index >= 15 is 0 Å². The molecular formula is C19H18N2O2S2. The first-order valence-electron chi connectivity index (χ1n) is 8.05. The Hall–Kier alpha value is -2.18. The molecule has 0 radical (unpaired) electrons. The highest BCUT2D eigenvalue weighted by Gasteiger charge is 2.26. The van der Waals surface area contributed by atoms with Crippen LogP contribution in [0.5, 0.6) is 0 Å². The lowest BCUT2D eigenvalue weighted by atomic mass is 10.1. The third-order valence-electron chi connectivity index (χ3n) is 4.40. The molecule has 0 amide bonds. The van der Waals surface area contributed by atoms with E-state index in [9.17, 15) is 8.42 Å². The van der Waals surface area contributed by atoms with Crippen molar-refractivity contribution in [3.8, 4) is 21.8 Å². The minimum absolute atomic E-state index is 0.517. The van der Waals surface area contributed by atoms with Gasteiger partial charge in [-0.3, -0.25) is 4.31 Å². The second-order valence-corrected chi connectivity index (χ2v) is 9.10. The van der Waals surface area contributed by atoms with Crippen molar-refractivity contribution in [2.24, 2.45) is 0 Å². The topological polar surface area (TPSA) is 50.3 Å².